The van der Waals surface area contributed by atoms with Crippen molar-refractivity contribution in [3.63, 3.8) is 0 Å². The summed E-state index contributed by atoms with van der Waals surface area (Å²) in [5, 5.41) is 7.25. The SMILES string of the molecule is CCNC(=NCc1ccccc1OCC1CC1)NC1CCCC(S(=O)CC)C1. The van der Waals surface area contributed by atoms with Gasteiger partial charge < -0.3 is 15.4 Å². The molecule has 0 saturated heterocycles. The van der Waals surface area contributed by atoms with Crippen LogP contribution in [0, 0.1) is 5.92 Å². The summed E-state index contributed by atoms with van der Waals surface area (Å²) >= 11 is 0. The predicted octanol–water partition coefficient (Wildman–Crippen LogP) is 3.61. The zero-order valence-corrected chi connectivity index (χ0v) is 18.1. The molecule has 5 nitrogen and oxygen atoms in total. The monoisotopic (exact) mass is 405 g/mol. The Hall–Kier alpha value is -1.56. The van der Waals surface area contributed by atoms with Gasteiger partial charge in [-0.25, -0.2) is 4.99 Å². The van der Waals surface area contributed by atoms with Crippen molar-refractivity contribution < 1.29 is 8.95 Å². The molecule has 0 aromatic heterocycles. The van der Waals surface area contributed by atoms with Crippen molar-refractivity contribution >= 4 is 16.8 Å². The van der Waals surface area contributed by atoms with Crippen molar-refractivity contribution in [2.45, 2.75) is 70.2 Å². The highest BCUT2D eigenvalue weighted by Crippen LogP contribution is 2.30. The van der Waals surface area contributed by atoms with Gasteiger partial charge in [-0.15, -0.1) is 0 Å². The molecule has 0 radical (unpaired) electrons. The van der Waals surface area contributed by atoms with Gasteiger partial charge in [-0.3, -0.25) is 4.21 Å². The standard InChI is InChI=1S/C22H35N3O2S/c1-3-23-22(25-19-9-7-10-20(14-19)28(26)4-2)24-15-18-8-5-6-11-21(18)27-16-17-12-13-17/h5-6,8,11,17,19-20H,3-4,7,9-10,12-16H2,1-2H3,(H2,23,24,25). The van der Waals surface area contributed by atoms with Crippen LogP contribution in [0.25, 0.3) is 0 Å². The molecule has 156 valence electrons. The van der Waals surface area contributed by atoms with Crippen molar-refractivity contribution in [1.82, 2.24) is 10.6 Å². The third-order valence-corrected chi connectivity index (χ3v) is 7.26. The van der Waals surface area contributed by atoms with Gasteiger partial charge in [-0.2, -0.15) is 0 Å². The Morgan fingerprint density at radius 3 is 2.79 bits per heavy atom. The third-order valence-electron chi connectivity index (χ3n) is 5.52. The van der Waals surface area contributed by atoms with Gasteiger partial charge in [-0.1, -0.05) is 31.5 Å². The topological polar surface area (TPSA) is 62.7 Å². The van der Waals surface area contributed by atoms with Gasteiger partial charge in [0.15, 0.2) is 5.96 Å². The van der Waals surface area contributed by atoms with E-state index in [1.807, 2.05) is 25.1 Å². The minimum Gasteiger partial charge on any atom is -0.493 e. The smallest absolute Gasteiger partial charge is 0.191 e. The van der Waals surface area contributed by atoms with Crippen LogP contribution in [0.1, 0.15) is 57.9 Å². The minimum atomic E-state index is -0.707. The van der Waals surface area contributed by atoms with Crippen molar-refractivity contribution in [2.24, 2.45) is 10.9 Å². The average Bonchev–Trinajstić information content (AvgIpc) is 3.55. The van der Waals surface area contributed by atoms with E-state index in [1.54, 1.807) is 0 Å². The maximum atomic E-state index is 12.2. The van der Waals surface area contributed by atoms with Crippen LogP contribution in [0.5, 0.6) is 5.75 Å². The highest BCUT2D eigenvalue weighted by atomic mass is 32.2. The number of rotatable bonds is 9. The molecule has 0 spiro atoms. The van der Waals surface area contributed by atoms with Crippen LogP contribution in [0.15, 0.2) is 29.3 Å². The van der Waals surface area contributed by atoms with E-state index in [4.69, 9.17) is 9.73 Å². The van der Waals surface area contributed by atoms with Crippen LogP contribution in [-0.4, -0.2) is 40.4 Å². The molecule has 0 aliphatic heterocycles. The predicted molar refractivity (Wildman–Crippen MR) is 117 cm³/mol. The summed E-state index contributed by atoms with van der Waals surface area (Å²) in [5.41, 5.74) is 1.12. The molecule has 1 aromatic carbocycles. The second-order valence-corrected chi connectivity index (χ2v) is 9.86. The molecule has 28 heavy (non-hydrogen) atoms. The summed E-state index contributed by atoms with van der Waals surface area (Å²) in [4.78, 5) is 4.81. The molecule has 2 fully saturated rings. The number of nitrogens with one attached hydrogen (secondary N) is 2. The second-order valence-electron chi connectivity index (χ2n) is 7.86. The normalized spacial score (nSPS) is 23.9. The summed E-state index contributed by atoms with van der Waals surface area (Å²) < 4.78 is 18.2. The number of para-hydroxylation sites is 1. The fourth-order valence-electron chi connectivity index (χ4n) is 3.70. The van der Waals surface area contributed by atoms with Crippen LogP contribution < -0.4 is 15.4 Å². The lowest BCUT2D eigenvalue weighted by Gasteiger charge is -2.30. The van der Waals surface area contributed by atoms with E-state index in [0.29, 0.717) is 17.8 Å². The van der Waals surface area contributed by atoms with Gasteiger partial charge >= 0.3 is 0 Å². The van der Waals surface area contributed by atoms with Gasteiger partial charge in [0, 0.05) is 40.0 Å². The number of hydrogen-bond acceptors (Lipinski definition) is 3. The number of nitrogens with zero attached hydrogens (tertiary/aromatic N) is 1. The first-order valence-corrected chi connectivity index (χ1v) is 12.2. The summed E-state index contributed by atoms with van der Waals surface area (Å²) in [6.45, 7) is 6.33. The fourth-order valence-corrected chi connectivity index (χ4v) is 5.04. The molecular weight excluding hydrogens is 370 g/mol. The van der Waals surface area contributed by atoms with Gasteiger partial charge in [-0.05, 0) is 51.0 Å². The molecule has 2 aliphatic rings. The summed E-state index contributed by atoms with van der Waals surface area (Å²) in [7, 11) is -0.707. The quantitative estimate of drug-likeness (QED) is 0.487. The first kappa shape index (κ1) is 21.2. The zero-order valence-electron chi connectivity index (χ0n) is 17.3. The van der Waals surface area contributed by atoms with Crippen LogP contribution in [0.3, 0.4) is 0 Å². The molecule has 3 atom stereocenters. The molecule has 6 heteroatoms. The number of benzene rings is 1. The maximum absolute atomic E-state index is 12.2. The minimum absolute atomic E-state index is 0.315. The van der Waals surface area contributed by atoms with E-state index >= 15 is 0 Å². The highest BCUT2D eigenvalue weighted by molar-refractivity contribution is 7.85. The Morgan fingerprint density at radius 2 is 2.04 bits per heavy atom. The van der Waals surface area contributed by atoms with Crippen molar-refractivity contribution in [3.05, 3.63) is 29.8 Å². The molecule has 0 amide bonds. The molecule has 3 rings (SSSR count). The summed E-state index contributed by atoms with van der Waals surface area (Å²) in [5.74, 6) is 3.28. The van der Waals surface area contributed by atoms with Crippen LogP contribution >= 0.6 is 0 Å². The van der Waals surface area contributed by atoms with E-state index < -0.39 is 10.8 Å². The molecule has 3 unspecified atom stereocenters. The molecular formula is C22H35N3O2S. The van der Waals surface area contributed by atoms with Gasteiger partial charge in [0.25, 0.3) is 0 Å². The van der Waals surface area contributed by atoms with Gasteiger partial charge in [0.2, 0.25) is 0 Å². The largest absolute Gasteiger partial charge is 0.493 e. The van der Waals surface area contributed by atoms with Gasteiger partial charge in [0.05, 0.1) is 13.2 Å². The van der Waals surface area contributed by atoms with E-state index in [0.717, 1.165) is 67.8 Å². The maximum Gasteiger partial charge on any atom is 0.191 e. The number of guanidine groups is 1. The second kappa shape index (κ2) is 10.8. The molecule has 0 bridgehead atoms. The third kappa shape index (κ3) is 6.50. The lowest BCUT2D eigenvalue weighted by molar-refractivity contribution is 0.297. The Kier molecular flexibility index (Phi) is 8.19. The lowest BCUT2D eigenvalue weighted by Crippen LogP contribution is -2.46. The molecule has 2 saturated carbocycles. The number of ether oxygens (including phenoxy) is 1. The zero-order chi connectivity index (χ0) is 19.8. The molecule has 2 N–H and O–H groups in total. The van der Waals surface area contributed by atoms with Crippen molar-refractivity contribution in [1.29, 1.82) is 0 Å². The Labute approximate surface area is 172 Å². The van der Waals surface area contributed by atoms with Crippen LogP contribution in [0.4, 0.5) is 0 Å². The lowest BCUT2D eigenvalue weighted by atomic mass is 9.95. The van der Waals surface area contributed by atoms with Crippen molar-refractivity contribution in [3.8, 4) is 5.75 Å². The van der Waals surface area contributed by atoms with E-state index in [2.05, 4.69) is 23.6 Å². The number of aliphatic imine (C=N–C) groups is 1. The van der Waals surface area contributed by atoms with E-state index in [-0.39, 0.29) is 0 Å². The first-order valence-electron chi connectivity index (χ1n) is 10.8. The Morgan fingerprint density at radius 1 is 1.21 bits per heavy atom. The van der Waals surface area contributed by atoms with Crippen LogP contribution in [-0.2, 0) is 17.3 Å². The number of hydrogen-bond donors (Lipinski definition) is 2. The van der Waals surface area contributed by atoms with E-state index in [9.17, 15) is 4.21 Å². The van der Waals surface area contributed by atoms with Crippen molar-refractivity contribution in [2.75, 3.05) is 18.9 Å². The molecule has 1 aromatic rings. The average molecular weight is 406 g/mol. The highest BCUT2D eigenvalue weighted by Gasteiger charge is 2.26. The molecule has 0 heterocycles. The Bertz CT molecular complexity index is 676. The van der Waals surface area contributed by atoms with Gasteiger partial charge in [0.1, 0.15) is 5.75 Å². The van der Waals surface area contributed by atoms with Crippen LogP contribution in [0.2, 0.25) is 0 Å². The summed E-state index contributed by atoms with van der Waals surface area (Å²) in [6.07, 6.45) is 6.87. The fraction of sp³-hybridized carbons (Fsp3) is 0.682. The van der Waals surface area contributed by atoms with E-state index in [1.165, 1.54) is 12.8 Å². The first-order chi connectivity index (χ1) is 13.7. The molecule has 2 aliphatic carbocycles. The summed E-state index contributed by atoms with van der Waals surface area (Å²) in [6, 6.07) is 8.54. The Balaban J connectivity index is 1.60.